The number of hydrogen-bond acceptors (Lipinski definition) is 3. The van der Waals surface area contributed by atoms with E-state index in [2.05, 4.69) is 34.1 Å². The van der Waals surface area contributed by atoms with E-state index < -0.39 is 11.7 Å². The summed E-state index contributed by atoms with van der Waals surface area (Å²) in [6.45, 7) is 2.58. The van der Waals surface area contributed by atoms with Crippen molar-refractivity contribution in [3.63, 3.8) is 0 Å². The molecule has 174 valence electrons. The van der Waals surface area contributed by atoms with Crippen LogP contribution in [0.15, 0.2) is 48.5 Å². The van der Waals surface area contributed by atoms with Crippen molar-refractivity contribution < 1.29 is 17.9 Å². The first-order valence-electron chi connectivity index (χ1n) is 11.6. The molecule has 0 bridgehead atoms. The Morgan fingerprint density at radius 1 is 0.938 bits per heavy atom. The summed E-state index contributed by atoms with van der Waals surface area (Å²) in [7, 11) is 4.07. The average molecular weight is 447 g/mol. The van der Waals surface area contributed by atoms with Crippen molar-refractivity contribution in [2.45, 2.75) is 50.2 Å². The molecule has 0 N–H and O–H groups in total. The van der Waals surface area contributed by atoms with E-state index in [1.54, 1.807) is 0 Å². The minimum Gasteiger partial charge on any atom is -0.493 e. The van der Waals surface area contributed by atoms with Gasteiger partial charge < -0.3 is 9.64 Å². The van der Waals surface area contributed by atoms with Crippen LogP contribution >= 0.6 is 0 Å². The van der Waals surface area contributed by atoms with Crippen molar-refractivity contribution in [3.05, 3.63) is 59.7 Å². The van der Waals surface area contributed by atoms with Crippen LogP contribution in [0.4, 0.5) is 18.9 Å². The largest absolute Gasteiger partial charge is 0.493 e. The summed E-state index contributed by atoms with van der Waals surface area (Å²) < 4.78 is 44.6. The Morgan fingerprint density at radius 2 is 1.59 bits per heavy atom. The number of alkyl halides is 3. The molecule has 2 unspecified atom stereocenters. The number of anilines is 1. The van der Waals surface area contributed by atoms with Gasteiger partial charge in [0.05, 0.1) is 12.2 Å². The molecular weight excluding hydrogens is 413 g/mol. The fourth-order valence-electron chi connectivity index (χ4n) is 5.23. The zero-order chi connectivity index (χ0) is 22.7. The second-order valence-corrected chi connectivity index (χ2v) is 9.41. The molecule has 2 fully saturated rings. The van der Waals surface area contributed by atoms with Crippen LogP contribution in [0.1, 0.15) is 49.1 Å². The van der Waals surface area contributed by atoms with Crippen molar-refractivity contribution in [2.75, 3.05) is 38.7 Å². The number of halogens is 3. The molecule has 2 aliphatic rings. The first-order chi connectivity index (χ1) is 15.3. The van der Waals surface area contributed by atoms with Crippen molar-refractivity contribution >= 4 is 5.69 Å². The summed E-state index contributed by atoms with van der Waals surface area (Å²) in [4.78, 5) is 4.72. The second kappa shape index (κ2) is 9.74. The van der Waals surface area contributed by atoms with Gasteiger partial charge in [-0.05, 0) is 73.7 Å². The number of ether oxygens (including phenoxy) is 1. The van der Waals surface area contributed by atoms with Gasteiger partial charge in [0.25, 0.3) is 0 Å². The maximum atomic E-state index is 12.9. The van der Waals surface area contributed by atoms with Crippen LogP contribution in [0.25, 0.3) is 0 Å². The molecule has 1 saturated heterocycles. The van der Waals surface area contributed by atoms with E-state index in [4.69, 9.17) is 4.74 Å². The molecule has 0 spiro atoms. The van der Waals surface area contributed by atoms with Gasteiger partial charge in [-0.1, -0.05) is 25.0 Å². The van der Waals surface area contributed by atoms with Crippen LogP contribution in [0.3, 0.4) is 0 Å². The molecule has 1 saturated carbocycles. The standard InChI is InChI=1S/C26H33F3N2O/c1-30(2)22-11-7-19(8-12-22)25-15-16-31(23-5-3-4-6-23)17-20(25)18-32-24-13-9-21(10-14-24)26(27,28)29/h7-14,20,23,25H,3-6,15-18H2,1-2H3. The van der Waals surface area contributed by atoms with Gasteiger partial charge in [-0.15, -0.1) is 0 Å². The number of piperidine rings is 1. The maximum Gasteiger partial charge on any atom is 0.416 e. The quantitative estimate of drug-likeness (QED) is 0.526. The van der Waals surface area contributed by atoms with Crippen LogP contribution in [-0.2, 0) is 6.18 Å². The smallest absolute Gasteiger partial charge is 0.416 e. The summed E-state index contributed by atoms with van der Waals surface area (Å²) in [6, 6.07) is 14.5. The van der Waals surface area contributed by atoms with Crippen LogP contribution < -0.4 is 9.64 Å². The number of nitrogens with zero attached hydrogens (tertiary/aromatic N) is 2. The Kier molecular flexibility index (Phi) is 6.99. The average Bonchev–Trinajstić information content (AvgIpc) is 3.32. The highest BCUT2D eigenvalue weighted by atomic mass is 19.4. The summed E-state index contributed by atoms with van der Waals surface area (Å²) in [5, 5.41) is 0. The third kappa shape index (κ3) is 5.40. The maximum absolute atomic E-state index is 12.9. The highest BCUT2D eigenvalue weighted by Gasteiger charge is 2.35. The number of hydrogen-bond donors (Lipinski definition) is 0. The zero-order valence-corrected chi connectivity index (χ0v) is 18.9. The minimum atomic E-state index is -4.33. The number of rotatable bonds is 6. The minimum absolute atomic E-state index is 0.303. The lowest BCUT2D eigenvalue weighted by molar-refractivity contribution is -0.137. The Balaban J connectivity index is 1.47. The van der Waals surface area contributed by atoms with Gasteiger partial charge in [0.15, 0.2) is 0 Å². The van der Waals surface area contributed by atoms with Gasteiger partial charge in [0, 0.05) is 38.3 Å². The van der Waals surface area contributed by atoms with Crippen LogP contribution in [0.5, 0.6) is 5.75 Å². The van der Waals surface area contributed by atoms with Crippen molar-refractivity contribution in [3.8, 4) is 5.75 Å². The molecule has 1 aliphatic heterocycles. The molecular formula is C26H33F3N2O. The molecule has 0 amide bonds. The highest BCUT2D eigenvalue weighted by molar-refractivity contribution is 5.46. The van der Waals surface area contributed by atoms with Gasteiger partial charge in [0.2, 0.25) is 0 Å². The fraction of sp³-hybridized carbons (Fsp3) is 0.538. The SMILES string of the molecule is CN(C)c1ccc(C2CCN(C3CCCC3)CC2COc2ccc(C(F)(F)F)cc2)cc1. The fourth-order valence-corrected chi connectivity index (χ4v) is 5.23. The Morgan fingerprint density at radius 3 is 2.19 bits per heavy atom. The van der Waals surface area contributed by atoms with E-state index in [1.165, 1.54) is 49.1 Å². The first kappa shape index (κ1) is 23.0. The van der Waals surface area contributed by atoms with E-state index in [1.807, 2.05) is 14.1 Å². The summed E-state index contributed by atoms with van der Waals surface area (Å²) in [5.74, 6) is 1.19. The van der Waals surface area contributed by atoms with Crippen LogP contribution in [0, 0.1) is 5.92 Å². The Bertz CT molecular complexity index is 858. The molecule has 1 aliphatic carbocycles. The van der Waals surface area contributed by atoms with Crippen LogP contribution in [-0.4, -0.2) is 44.7 Å². The first-order valence-corrected chi connectivity index (χ1v) is 11.6. The Labute approximate surface area is 189 Å². The third-order valence-electron chi connectivity index (χ3n) is 7.09. The highest BCUT2D eigenvalue weighted by Crippen LogP contribution is 2.37. The van der Waals surface area contributed by atoms with Crippen molar-refractivity contribution in [1.29, 1.82) is 0 Å². The summed E-state index contributed by atoms with van der Waals surface area (Å²) in [5.41, 5.74) is 1.85. The third-order valence-corrected chi connectivity index (χ3v) is 7.09. The molecule has 2 aromatic rings. The molecule has 6 heteroatoms. The van der Waals surface area contributed by atoms with E-state index in [0.29, 0.717) is 30.2 Å². The molecule has 4 rings (SSSR count). The molecule has 0 radical (unpaired) electrons. The van der Waals surface area contributed by atoms with Crippen molar-refractivity contribution in [1.82, 2.24) is 4.90 Å². The molecule has 1 heterocycles. The molecule has 0 aromatic heterocycles. The van der Waals surface area contributed by atoms with E-state index in [0.717, 1.165) is 31.6 Å². The Hall–Kier alpha value is -2.21. The second-order valence-electron chi connectivity index (χ2n) is 9.41. The zero-order valence-electron chi connectivity index (χ0n) is 18.9. The monoisotopic (exact) mass is 446 g/mol. The predicted molar refractivity (Wildman–Crippen MR) is 122 cm³/mol. The molecule has 2 atom stereocenters. The number of likely N-dealkylation sites (tertiary alicyclic amines) is 1. The van der Waals surface area contributed by atoms with Gasteiger partial charge >= 0.3 is 6.18 Å². The van der Waals surface area contributed by atoms with E-state index in [-0.39, 0.29) is 0 Å². The van der Waals surface area contributed by atoms with Gasteiger partial charge in [-0.3, -0.25) is 4.90 Å². The lowest BCUT2D eigenvalue weighted by Gasteiger charge is -2.41. The van der Waals surface area contributed by atoms with E-state index >= 15 is 0 Å². The van der Waals surface area contributed by atoms with Crippen LogP contribution in [0.2, 0.25) is 0 Å². The normalized spacial score (nSPS) is 22.8. The van der Waals surface area contributed by atoms with Crippen molar-refractivity contribution in [2.24, 2.45) is 5.92 Å². The predicted octanol–water partition coefficient (Wildman–Crippen LogP) is 6.20. The summed E-state index contributed by atoms with van der Waals surface area (Å²) in [6.07, 6.45) is 1.92. The number of benzene rings is 2. The molecule has 32 heavy (non-hydrogen) atoms. The summed E-state index contributed by atoms with van der Waals surface area (Å²) >= 11 is 0. The van der Waals surface area contributed by atoms with Gasteiger partial charge in [0.1, 0.15) is 5.75 Å². The van der Waals surface area contributed by atoms with Gasteiger partial charge in [-0.2, -0.15) is 13.2 Å². The lowest BCUT2D eigenvalue weighted by atomic mass is 9.80. The van der Waals surface area contributed by atoms with E-state index in [9.17, 15) is 13.2 Å². The molecule has 2 aromatic carbocycles. The van der Waals surface area contributed by atoms with Gasteiger partial charge in [-0.25, -0.2) is 0 Å². The topological polar surface area (TPSA) is 15.7 Å². The lowest BCUT2D eigenvalue weighted by Crippen LogP contribution is -2.46. The molecule has 3 nitrogen and oxygen atoms in total.